The molecule has 0 radical (unpaired) electrons. The highest BCUT2D eigenvalue weighted by Crippen LogP contribution is 2.38. The molecule has 178 valence electrons. The molecule has 4 heterocycles. The molecule has 2 aromatic heterocycles. The summed E-state index contributed by atoms with van der Waals surface area (Å²) in [6, 6.07) is 13.9. The van der Waals surface area contributed by atoms with Crippen LogP contribution in [0.5, 0.6) is 11.5 Å². The Morgan fingerprint density at radius 3 is 2.57 bits per heavy atom. The van der Waals surface area contributed by atoms with E-state index in [9.17, 15) is 9.18 Å². The first kappa shape index (κ1) is 21.5. The van der Waals surface area contributed by atoms with E-state index in [-0.39, 0.29) is 18.5 Å². The van der Waals surface area contributed by atoms with E-state index in [0.717, 1.165) is 30.8 Å². The number of carbonyl (C=O) groups is 1. The van der Waals surface area contributed by atoms with Crippen molar-refractivity contribution in [3.8, 4) is 22.8 Å². The maximum atomic E-state index is 13.7. The number of rotatable bonds is 4. The topological polar surface area (TPSA) is 80.9 Å². The normalized spacial score (nSPS) is 15.7. The predicted molar refractivity (Wildman–Crippen MR) is 126 cm³/mol. The summed E-state index contributed by atoms with van der Waals surface area (Å²) in [4.78, 5) is 22.2. The molecule has 0 spiro atoms. The minimum atomic E-state index is -0.239. The third-order valence-corrected chi connectivity index (χ3v) is 6.43. The van der Waals surface area contributed by atoms with Gasteiger partial charge >= 0.3 is 0 Å². The van der Waals surface area contributed by atoms with Gasteiger partial charge in [0, 0.05) is 44.0 Å². The molecule has 1 amide bonds. The Morgan fingerprint density at radius 1 is 1.00 bits per heavy atom. The van der Waals surface area contributed by atoms with Crippen LogP contribution >= 0.6 is 0 Å². The number of amides is 1. The van der Waals surface area contributed by atoms with Crippen molar-refractivity contribution in [1.82, 2.24) is 19.9 Å². The van der Waals surface area contributed by atoms with Crippen LogP contribution in [0.15, 0.2) is 53.1 Å². The van der Waals surface area contributed by atoms with Gasteiger partial charge in [0.1, 0.15) is 11.5 Å². The van der Waals surface area contributed by atoms with Gasteiger partial charge < -0.3 is 18.9 Å². The van der Waals surface area contributed by atoms with Crippen LogP contribution in [0.3, 0.4) is 0 Å². The van der Waals surface area contributed by atoms with Gasteiger partial charge in [-0.3, -0.25) is 9.69 Å². The molecule has 0 bridgehead atoms. The number of pyridine rings is 1. The lowest BCUT2D eigenvalue weighted by Crippen LogP contribution is -2.48. The van der Waals surface area contributed by atoms with Crippen molar-refractivity contribution in [2.45, 2.75) is 13.5 Å². The number of hydrogen-bond acceptors (Lipinski definition) is 7. The molecule has 6 rings (SSSR count). The Kier molecular flexibility index (Phi) is 5.33. The first-order valence-electron chi connectivity index (χ1n) is 11.5. The third-order valence-electron chi connectivity index (χ3n) is 6.43. The summed E-state index contributed by atoms with van der Waals surface area (Å²) in [7, 11) is 0. The summed E-state index contributed by atoms with van der Waals surface area (Å²) in [5.41, 5.74) is 3.89. The summed E-state index contributed by atoms with van der Waals surface area (Å²) in [5, 5.41) is 4.84. The van der Waals surface area contributed by atoms with Gasteiger partial charge in [-0.05, 0) is 48.9 Å². The van der Waals surface area contributed by atoms with Gasteiger partial charge in [-0.1, -0.05) is 17.3 Å². The lowest BCUT2D eigenvalue weighted by molar-refractivity contribution is 0.0630. The Bertz CT molecular complexity index is 1410. The van der Waals surface area contributed by atoms with Crippen LogP contribution < -0.4 is 9.47 Å². The monoisotopic (exact) mass is 474 g/mol. The second-order valence-corrected chi connectivity index (χ2v) is 8.79. The fourth-order valence-corrected chi connectivity index (χ4v) is 4.61. The second kappa shape index (κ2) is 8.66. The predicted octanol–water partition coefficient (Wildman–Crippen LogP) is 4.02. The van der Waals surface area contributed by atoms with Crippen LogP contribution in [-0.4, -0.2) is 58.8 Å². The van der Waals surface area contributed by atoms with Gasteiger partial charge in [0.15, 0.2) is 11.5 Å². The first-order chi connectivity index (χ1) is 17.0. The number of ether oxygens (including phenoxy) is 2. The number of aryl methyl sites for hydroxylation is 1. The summed E-state index contributed by atoms with van der Waals surface area (Å²) >= 11 is 0. The zero-order valence-electron chi connectivity index (χ0n) is 19.2. The molecule has 0 atom stereocenters. The van der Waals surface area contributed by atoms with Crippen LogP contribution in [0, 0.1) is 12.7 Å². The van der Waals surface area contributed by atoms with Crippen LogP contribution in [0.1, 0.15) is 21.6 Å². The van der Waals surface area contributed by atoms with Crippen molar-refractivity contribution in [2.24, 2.45) is 0 Å². The van der Waals surface area contributed by atoms with Gasteiger partial charge in [0.2, 0.25) is 6.79 Å². The Labute approximate surface area is 200 Å². The van der Waals surface area contributed by atoms with E-state index < -0.39 is 0 Å². The smallest absolute Gasteiger partial charge is 0.259 e. The van der Waals surface area contributed by atoms with E-state index in [4.69, 9.17) is 14.0 Å². The number of benzene rings is 2. The third kappa shape index (κ3) is 4.08. The number of nitrogens with zero attached hydrogens (tertiary/aromatic N) is 4. The standard InChI is InChI=1S/C26H23FN4O4/c1-16-12-20(26(32)31-10-8-30(9-11-31)14-17-2-5-19(27)6-3-17)23-24(29-35-25(23)28-16)18-4-7-21-22(13-18)34-15-33-21/h2-7,12-13H,8-11,14-15H2,1H3. The summed E-state index contributed by atoms with van der Waals surface area (Å²) < 4.78 is 29.6. The number of hydrogen-bond donors (Lipinski definition) is 0. The van der Waals surface area contributed by atoms with Crippen molar-refractivity contribution >= 4 is 17.0 Å². The van der Waals surface area contributed by atoms with E-state index in [1.54, 1.807) is 18.2 Å². The average Bonchev–Trinajstić information content (AvgIpc) is 3.51. The van der Waals surface area contributed by atoms with E-state index in [2.05, 4.69) is 15.0 Å². The SMILES string of the molecule is Cc1cc(C(=O)N2CCN(Cc3ccc(F)cc3)CC2)c2c(-c3ccc4c(c3)OCO4)noc2n1. The van der Waals surface area contributed by atoms with Crippen molar-refractivity contribution < 1.29 is 23.2 Å². The van der Waals surface area contributed by atoms with Crippen molar-refractivity contribution in [2.75, 3.05) is 33.0 Å². The van der Waals surface area contributed by atoms with Gasteiger partial charge in [0.25, 0.3) is 11.6 Å². The summed E-state index contributed by atoms with van der Waals surface area (Å²) in [6.07, 6.45) is 0. The van der Waals surface area contributed by atoms with Crippen molar-refractivity contribution in [1.29, 1.82) is 0 Å². The number of fused-ring (bicyclic) bond motifs is 2. The molecule has 35 heavy (non-hydrogen) atoms. The highest BCUT2D eigenvalue weighted by molar-refractivity contribution is 6.09. The first-order valence-corrected chi connectivity index (χ1v) is 11.5. The van der Waals surface area contributed by atoms with Gasteiger partial charge in [-0.2, -0.15) is 0 Å². The molecule has 0 unspecified atom stereocenters. The van der Waals surface area contributed by atoms with Crippen LogP contribution in [0.2, 0.25) is 0 Å². The molecule has 0 aliphatic carbocycles. The quantitative estimate of drug-likeness (QED) is 0.442. The molecule has 2 aliphatic rings. The Hall–Kier alpha value is -3.98. The molecule has 0 N–H and O–H groups in total. The lowest BCUT2D eigenvalue weighted by atomic mass is 10.0. The van der Waals surface area contributed by atoms with Crippen LogP contribution in [-0.2, 0) is 6.54 Å². The maximum Gasteiger partial charge on any atom is 0.259 e. The Balaban J connectivity index is 1.25. The number of aromatic nitrogens is 2. The second-order valence-electron chi connectivity index (χ2n) is 8.79. The molecule has 4 aromatic rings. The highest BCUT2D eigenvalue weighted by atomic mass is 19.1. The molecule has 0 saturated carbocycles. The summed E-state index contributed by atoms with van der Waals surface area (Å²) in [5.74, 6) is 0.985. The fourth-order valence-electron chi connectivity index (χ4n) is 4.61. The van der Waals surface area contributed by atoms with Crippen molar-refractivity contribution in [3.05, 3.63) is 71.2 Å². The van der Waals surface area contributed by atoms with E-state index in [1.807, 2.05) is 30.0 Å². The van der Waals surface area contributed by atoms with Gasteiger partial charge in [-0.25, -0.2) is 9.37 Å². The van der Waals surface area contributed by atoms with Gasteiger partial charge in [0.05, 0.1) is 10.9 Å². The van der Waals surface area contributed by atoms with E-state index in [1.165, 1.54) is 12.1 Å². The molecule has 8 nitrogen and oxygen atoms in total. The number of piperazine rings is 1. The zero-order chi connectivity index (χ0) is 23.9. The molecule has 9 heteroatoms. The lowest BCUT2D eigenvalue weighted by Gasteiger charge is -2.35. The minimum absolute atomic E-state index is 0.0767. The van der Waals surface area contributed by atoms with Crippen LogP contribution in [0.4, 0.5) is 4.39 Å². The minimum Gasteiger partial charge on any atom is -0.454 e. The summed E-state index contributed by atoms with van der Waals surface area (Å²) in [6.45, 7) is 5.38. The molecule has 2 aromatic carbocycles. The molecular formula is C26H23FN4O4. The molecule has 1 fully saturated rings. The van der Waals surface area contributed by atoms with E-state index in [0.29, 0.717) is 52.6 Å². The van der Waals surface area contributed by atoms with Gasteiger partial charge in [-0.15, -0.1) is 0 Å². The zero-order valence-corrected chi connectivity index (χ0v) is 19.2. The van der Waals surface area contributed by atoms with Crippen LogP contribution in [0.25, 0.3) is 22.4 Å². The fraction of sp³-hybridized carbons (Fsp3) is 0.269. The van der Waals surface area contributed by atoms with E-state index >= 15 is 0 Å². The molecule has 2 aliphatic heterocycles. The largest absolute Gasteiger partial charge is 0.454 e. The average molecular weight is 474 g/mol. The number of carbonyl (C=O) groups excluding carboxylic acids is 1. The maximum absolute atomic E-state index is 13.7. The molecular weight excluding hydrogens is 451 g/mol. The molecule has 1 saturated heterocycles. The van der Waals surface area contributed by atoms with Crippen molar-refractivity contribution in [3.63, 3.8) is 0 Å². The highest BCUT2D eigenvalue weighted by Gasteiger charge is 2.27. The number of halogens is 1. The Morgan fingerprint density at radius 2 is 1.77 bits per heavy atom.